The van der Waals surface area contributed by atoms with Crippen LogP contribution in [0.25, 0.3) is 0 Å². The molecule has 2 aromatic carbocycles. The zero-order chi connectivity index (χ0) is 14.5. The van der Waals surface area contributed by atoms with Crippen LogP contribution in [0.3, 0.4) is 0 Å². The van der Waals surface area contributed by atoms with Crippen molar-refractivity contribution < 1.29 is 0 Å². The maximum atomic E-state index is 5.91. The van der Waals surface area contributed by atoms with E-state index in [1.807, 2.05) is 12.1 Å². The molecule has 0 heterocycles. The molecule has 2 N–H and O–H groups in total. The van der Waals surface area contributed by atoms with Crippen LogP contribution in [0.15, 0.2) is 42.5 Å². The van der Waals surface area contributed by atoms with Crippen LogP contribution in [0, 0.1) is 13.8 Å². The van der Waals surface area contributed by atoms with Crippen LogP contribution >= 0.6 is 0 Å². The Morgan fingerprint density at radius 3 is 2.30 bits per heavy atom. The summed E-state index contributed by atoms with van der Waals surface area (Å²) in [5.41, 5.74) is 11.9. The molecule has 2 nitrogen and oxygen atoms in total. The molecule has 0 saturated heterocycles. The second kappa shape index (κ2) is 6.47. The maximum absolute atomic E-state index is 5.91. The number of nitrogens with zero attached hydrogens (tertiary/aromatic N) is 1. The average Bonchev–Trinajstić information content (AvgIpc) is 2.37. The Balaban J connectivity index is 2.25. The van der Waals surface area contributed by atoms with E-state index < -0.39 is 0 Å². The summed E-state index contributed by atoms with van der Waals surface area (Å²) in [6, 6.07) is 14.9. The first-order valence-electron chi connectivity index (χ1n) is 7.26. The molecule has 106 valence electrons. The van der Waals surface area contributed by atoms with Crippen molar-refractivity contribution in [2.24, 2.45) is 0 Å². The fourth-order valence-corrected chi connectivity index (χ4v) is 2.67. The van der Waals surface area contributed by atoms with E-state index in [1.165, 1.54) is 22.4 Å². The highest BCUT2D eigenvalue weighted by Crippen LogP contribution is 2.21. The molecular weight excluding hydrogens is 244 g/mol. The van der Waals surface area contributed by atoms with E-state index >= 15 is 0 Å². The lowest BCUT2D eigenvalue weighted by atomic mass is 10.1. The molecular formula is C18H24N2. The highest BCUT2D eigenvalue weighted by molar-refractivity contribution is 5.56. The number of rotatable bonds is 5. The van der Waals surface area contributed by atoms with Crippen molar-refractivity contribution in [3.05, 3.63) is 59.2 Å². The lowest BCUT2D eigenvalue weighted by molar-refractivity contribution is 0.767. The third kappa shape index (κ3) is 3.77. The quantitative estimate of drug-likeness (QED) is 0.819. The van der Waals surface area contributed by atoms with Crippen molar-refractivity contribution in [1.29, 1.82) is 0 Å². The van der Waals surface area contributed by atoms with Gasteiger partial charge in [-0.05, 0) is 44.0 Å². The summed E-state index contributed by atoms with van der Waals surface area (Å²) < 4.78 is 0. The Bertz CT molecular complexity index is 555. The molecule has 0 bridgehead atoms. The number of benzene rings is 2. The molecule has 0 aliphatic heterocycles. The number of hydrogen-bond acceptors (Lipinski definition) is 2. The third-order valence-corrected chi connectivity index (χ3v) is 3.38. The van der Waals surface area contributed by atoms with Gasteiger partial charge in [-0.15, -0.1) is 0 Å². The second-order valence-electron chi connectivity index (χ2n) is 5.51. The van der Waals surface area contributed by atoms with Gasteiger partial charge in [0.1, 0.15) is 0 Å². The number of hydrogen-bond donors (Lipinski definition) is 1. The predicted molar refractivity (Wildman–Crippen MR) is 88.1 cm³/mol. The number of nitrogen functional groups attached to an aromatic ring is 1. The Morgan fingerprint density at radius 1 is 1.00 bits per heavy atom. The summed E-state index contributed by atoms with van der Waals surface area (Å²) in [4.78, 5) is 2.39. The zero-order valence-electron chi connectivity index (χ0n) is 12.7. The van der Waals surface area contributed by atoms with Crippen LogP contribution in [-0.2, 0) is 6.54 Å². The largest absolute Gasteiger partial charge is 0.399 e. The van der Waals surface area contributed by atoms with Crippen LogP contribution in [0.4, 0.5) is 11.4 Å². The molecule has 0 aliphatic carbocycles. The summed E-state index contributed by atoms with van der Waals surface area (Å²) in [5.74, 6) is 0. The monoisotopic (exact) mass is 268 g/mol. The fourth-order valence-electron chi connectivity index (χ4n) is 2.67. The summed E-state index contributed by atoms with van der Waals surface area (Å²) in [5, 5.41) is 0. The molecule has 0 fully saturated rings. The summed E-state index contributed by atoms with van der Waals surface area (Å²) >= 11 is 0. The highest BCUT2D eigenvalue weighted by Gasteiger charge is 2.07. The second-order valence-corrected chi connectivity index (χ2v) is 5.51. The minimum absolute atomic E-state index is 0.823. The number of anilines is 2. The van der Waals surface area contributed by atoms with Gasteiger partial charge in [0.2, 0.25) is 0 Å². The Labute approximate surface area is 122 Å². The summed E-state index contributed by atoms with van der Waals surface area (Å²) in [6.07, 6.45) is 1.12. The molecule has 20 heavy (non-hydrogen) atoms. The van der Waals surface area contributed by atoms with E-state index in [2.05, 4.69) is 56.0 Å². The molecule has 0 spiro atoms. The van der Waals surface area contributed by atoms with Gasteiger partial charge in [0.25, 0.3) is 0 Å². The molecule has 0 radical (unpaired) electrons. The van der Waals surface area contributed by atoms with Crippen molar-refractivity contribution in [2.75, 3.05) is 17.2 Å². The lowest BCUT2D eigenvalue weighted by Crippen LogP contribution is -2.23. The number of aryl methyl sites for hydroxylation is 2. The minimum Gasteiger partial charge on any atom is -0.399 e. The first-order chi connectivity index (χ1) is 9.58. The van der Waals surface area contributed by atoms with E-state index in [4.69, 9.17) is 5.73 Å². The van der Waals surface area contributed by atoms with E-state index in [1.54, 1.807) is 0 Å². The minimum atomic E-state index is 0.823. The smallest absolute Gasteiger partial charge is 0.0429 e. The van der Waals surface area contributed by atoms with Gasteiger partial charge in [0, 0.05) is 24.5 Å². The zero-order valence-corrected chi connectivity index (χ0v) is 12.7. The molecule has 2 heteroatoms. The van der Waals surface area contributed by atoms with E-state index in [0.717, 1.165) is 25.2 Å². The van der Waals surface area contributed by atoms with Gasteiger partial charge in [-0.3, -0.25) is 0 Å². The third-order valence-electron chi connectivity index (χ3n) is 3.38. The van der Waals surface area contributed by atoms with Crippen LogP contribution in [0.5, 0.6) is 0 Å². The van der Waals surface area contributed by atoms with Gasteiger partial charge in [-0.25, -0.2) is 0 Å². The SMILES string of the molecule is CCCN(Cc1cc(C)cc(C)c1)c1cccc(N)c1. The molecule has 0 unspecified atom stereocenters. The van der Waals surface area contributed by atoms with E-state index in [9.17, 15) is 0 Å². The standard InChI is InChI=1S/C18H24N2/c1-4-8-20(18-7-5-6-17(19)12-18)13-16-10-14(2)9-15(3)11-16/h5-7,9-12H,4,8,13,19H2,1-3H3. The van der Waals surface area contributed by atoms with Crippen LogP contribution < -0.4 is 10.6 Å². The topological polar surface area (TPSA) is 29.3 Å². The number of nitrogens with two attached hydrogens (primary N) is 1. The Kier molecular flexibility index (Phi) is 4.67. The Morgan fingerprint density at radius 2 is 1.70 bits per heavy atom. The van der Waals surface area contributed by atoms with Crippen molar-refractivity contribution >= 4 is 11.4 Å². The average molecular weight is 268 g/mol. The Hall–Kier alpha value is -1.96. The van der Waals surface area contributed by atoms with Gasteiger partial charge in [0.15, 0.2) is 0 Å². The van der Waals surface area contributed by atoms with Crippen molar-refractivity contribution in [2.45, 2.75) is 33.7 Å². The first-order valence-corrected chi connectivity index (χ1v) is 7.26. The van der Waals surface area contributed by atoms with Crippen molar-refractivity contribution in [1.82, 2.24) is 0 Å². The van der Waals surface area contributed by atoms with Crippen molar-refractivity contribution in [3.8, 4) is 0 Å². The van der Waals surface area contributed by atoms with Gasteiger partial charge in [-0.2, -0.15) is 0 Å². The summed E-state index contributed by atoms with van der Waals surface area (Å²) in [6.45, 7) is 8.49. The molecule has 2 rings (SSSR count). The fraction of sp³-hybridized carbons (Fsp3) is 0.333. The van der Waals surface area contributed by atoms with E-state index in [-0.39, 0.29) is 0 Å². The lowest BCUT2D eigenvalue weighted by Gasteiger charge is -2.25. The molecule has 0 aromatic heterocycles. The summed E-state index contributed by atoms with van der Waals surface area (Å²) in [7, 11) is 0. The van der Waals surface area contributed by atoms with Gasteiger partial charge >= 0.3 is 0 Å². The molecule has 0 aliphatic rings. The van der Waals surface area contributed by atoms with Crippen LogP contribution in [-0.4, -0.2) is 6.54 Å². The highest BCUT2D eigenvalue weighted by atomic mass is 15.1. The first kappa shape index (κ1) is 14.4. The van der Waals surface area contributed by atoms with Crippen LogP contribution in [0.2, 0.25) is 0 Å². The maximum Gasteiger partial charge on any atom is 0.0429 e. The molecule has 0 amide bonds. The van der Waals surface area contributed by atoms with Gasteiger partial charge < -0.3 is 10.6 Å². The van der Waals surface area contributed by atoms with Gasteiger partial charge in [-0.1, -0.05) is 42.3 Å². The molecule has 0 atom stereocenters. The molecule has 0 saturated carbocycles. The van der Waals surface area contributed by atoms with Gasteiger partial charge in [0.05, 0.1) is 0 Å². The normalized spacial score (nSPS) is 10.6. The molecule has 2 aromatic rings. The van der Waals surface area contributed by atoms with Crippen molar-refractivity contribution in [3.63, 3.8) is 0 Å². The van der Waals surface area contributed by atoms with E-state index in [0.29, 0.717) is 0 Å². The predicted octanol–water partition coefficient (Wildman–Crippen LogP) is 4.30. The van der Waals surface area contributed by atoms with Crippen LogP contribution in [0.1, 0.15) is 30.0 Å².